The number of imidazole rings is 1. The molecule has 0 saturated heterocycles. The molecule has 0 amide bonds. The first-order valence-electron chi connectivity index (χ1n) is 8.15. The van der Waals surface area contributed by atoms with Crippen LogP contribution in [0, 0.1) is 18.3 Å². The van der Waals surface area contributed by atoms with Gasteiger partial charge in [-0.3, -0.25) is 0 Å². The average Bonchev–Trinajstić information content (AvgIpc) is 3.05. The van der Waals surface area contributed by atoms with Crippen molar-refractivity contribution in [3.05, 3.63) is 65.5 Å². The molecule has 1 aromatic heterocycles. The summed E-state index contributed by atoms with van der Waals surface area (Å²) in [6.07, 6.45) is 3.92. The van der Waals surface area contributed by atoms with Gasteiger partial charge in [-0.25, -0.2) is 4.98 Å². The molecule has 0 aliphatic carbocycles. The molecule has 0 atom stereocenters. The SMILES string of the molecule is C=CCc1cc(/C=C(/C#N)c2nc3ccc(C)cc3[nH]2)cc(OC)c1O. The van der Waals surface area contributed by atoms with Gasteiger partial charge in [0.15, 0.2) is 11.5 Å². The zero-order chi connectivity index (χ0) is 18.7. The summed E-state index contributed by atoms with van der Waals surface area (Å²) in [5.74, 6) is 0.945. The van der Waals surface area contributed by atoms with E-state index in [4.69, 9.17) is 4.74 Å². The number of allylic oxidation sites excluding steroid dienone is 2. The summed E-state index contributed by atoms with van der Waals surface area (Å²) in [6, 6.07) is 11.6. The molecular formula is C21H19N3O2. The molecule has 0 aliphatic rings. The van der Waals surface area contributed by atoms with Crippen LogP contribution in [0.5, 0.6) is 11.5 Å². The normalized spacial score (nSPS) is 11.3. The molecule has 0 radical (unpaired) electrons. The summed E-state index contributed by atoms with van der Waals surface area (Å²) in [6.45, 7) is 5.71. The molecule has 26 heavy (non-hydrogen) atoms. The number of aromatic amines is 1. The quantitative estimate of drug-likeness (QED) is 0.531. The Hall–Kier alpha value is -3.52. The lowest BCUT2D eigenvalue weighted by atomic mass is 10.0. The third-order valence-electron chi connectivity index (χ3n) is 4.08. The summed E-state index contributed by atoms with van der Waals surface area (Å²) in [5.41, 5.74) is 4.63. The van der Waals surface area contributed by atoms with Crippen molar-refractivity contribution in [2.45, 2.75) is 13.3 Å². The van der Waals surface area contributed by atoms with Crippen LogP contribution in [0.2, 0.25) is 0 Å². The van der Waals surface area contributed by atoms with Crippen LogP contribution >= 0.6 is 0 Å². The molecule has 5 nitrogen and oxygen atoms in total. The van der Waals surface area contributed by atoms with Gasteiger partial charge in [-0.05, 0) is 54.8 Å². The number of rotatable bonds is 5. The first-order valence-corrected chi connectivity index (χ1v) is 8.15. The summed E-state index contributed by atoms with van der Waals surface area (Å²) < 4.78 is 5.23. The number of methoxy groups -OCH3 is 1. The van der Waals surface area contributed by atoms with E-state index in [1.165, 1.54) is 7.11 Å². The van der Waals surface area contributed by atoms with Crippen LogP contribution in [0.15, 0.2) is 43.0 Å². The predicted octanol–water partition coefficient (Wildman–Crippen LogP) is 4.38. The van der Waals surface area contributed by atoms with E-state index in [-0.39, 0.29) is 5.75 Å². The van der Waals surface area contributed by atoms with Crippen LogP contribution in [0.1, 0.15) is 22.5 Å². The number of aromatic hydroxyl groups is 1. The molecule has 0 fully saturated rings. The average molecular weight is 345 g/mol. The fourth-order valence-electron chi connectivity index (χ4n) is 2.81. The van der Waals surface area contributed by atoms with Crippen molar-refractivity contribution in [2.24, 2.45) is 0 Å². The molecule has 3 aromatic rings. The minimum Gasteiger partial charge on any atom is -0.504 e. The van der Waals surface area contributed by atoms with Gasteiger partial charge in [-0.15, -0.1) is 6.58 Å². The van der Waals surface area contributed by atoms with Gasteiger partial charge in [0, 0.05) is 5.56 Å². The van der Waals surface area contributed by atoms with Crippen LogP contribution < -0.4 is 4.74 Å². The fourth-order valence-corrected chi connectivity index (χ4v) is 2.81. The maximum atomic E-state index is 10.2. The highest BCUT2D eigenvalue weighted by atomic mass is 16.5. The van der Waals surface area contributed by atoms with Gasteiger partial charge in [-0.2, -0.15) is 5.26 Å². The third kappa shape index (κ3) is 3.31. The number of phenolic OH excluding ortho intramolecular Hbond substituents is 1. The lowest BCUT2D eigenvalue weighted by Gasteiger charge is -2.09. The van der Waals surface area contributed by atoms with Gasteiger partial charge in [0.1, 0.15) is 11.9 Å². The number of nitrogens with one attached hydrogen (secondary N) is 1. The summed E-state index contributed by atoms with van der Waals surface area (Å²) >= 11 is 0. The second kappa shape index (κ2) is 7.16. The lowest BCUT2D eigenvalue weighted by Crippen LogP contribution is -1.92. The van der Waals surface area contributed by atoms with Crippen LogP contribution in [-0.4, -0.2) is 22.2 Å². The predicted molar refractivity (Wildman–Crippen MR) is 103 cm³/mol. The maximum Gasteiger partial charge on any atom is 0.161 e. The zero-order valence-electron chi connectivity index (χ0n) is 14.7. The van der Waals surface area contributed by atoms with Gasteiger partial charge in [0.25, 0.3) is 0 Å². The van der Waals surface area contributed by atoms with Gasteiger partial charge in [0.2, 0.25) is 0 Å². The molecule has 0 bridgehead atoms. The Balaban J connectivity index is 2.09. The number of hydrogen-bond donors (Lipinski definition) is 2. The van der Waals surface area contributed by atoms with Crippen molar-refractivity contribution in [1.29, 1.82) is 5.26 Å². The third-order valence-corrected chi connectivity index (χ3v) is 4.08. The van der Waals surface area contributed by atoms with Gasteiger partial charge in [-0.1, -0.05) is 12.1 Å². The number of H-pyrrole nitrogens is 1. The largest absolute Gasteiger partial charge is 0.504 e. The van der Waals surface area contributed by atoms with E-state index in [0.717, 1.165) is 22.2 Å². The number of nitriles is 1. The molecule has 0 spiro atoms. The molecule has 1 heterocycles. The summed E-state index contributed by atoms with van der Waals surface area (Å²) in [7, 11) is 1.49. The molecule has 130 valence electrons. The molecule has 5 heteroatoms. The van der Waals surface area contributed by atoms with Crippen LogP contribution in [0.4, 0.5) is 0 Å². The smallest absolute Gasteiger partial charge is 0.161 e. The van der Waals surface area contributed by atoms with Crippen LogP contribution in [0.3, 0.4) is 0 Å². The standard InChI is InChI=1S/C21H19N3O2/c1-4-5-15-9-14(11-19(26-3)20(15)25)10-16(12-22)21-23-17-7-6-13(2)8-18(17)24-21/h4,6-11,25H,1,5H2,2-3H3,(H,23,24)/b16-10-. The van der Waals surface area contributed by atoms with Crippen molar-refractivity contribution in [3.63, 3.8) is 0 Å². The number of ether oxygens (including phenoxy) is 1. The van der Waals surface area contributed by atoms with E-state index in [9.17, 15) is 10.4 Å². The zero-order valence-corrected chi connectivity index (χ0v) is 14.7. The van der Waals surface area contributed by atoms with E-state index in [2.05, 4.69) is 22.6 Å². The Morgan fingerprint density at radius 2 is 2.19 bits per heavy atom. The Morgan fingerprint density at radius 1 is 1.38 bits per heavy atom. The molecule has 3 rings (SSSR count). The number of phenols is 1. The number of nitrogens with zero attached hydrogens (tertiary/aromatic N) is 2. The minimum atomic E-state index is 0.0854. The first kappa shape index (κ1) is 17.3. The second-order valence-electron chi connectivity index (χ2n) is 6.00. The number of hydrogen-bond acceptors (Lipinski definition) is 4. The van der Waals surface area contributed by atoms with Gasteiger partial charge in [0.05, 0.1) is 23.7 Å². The van der Waals surface area contributed by atoms with Crippen molar-refractivity contribution in [1.82, 2.24) is 9.97 Å². The van der Waals surface area contributed by atoms with E-state index >= 15 is 0 Å². The Kier molecular flexibility index (Phi) is 4.76. The van der Waals surface area contributed by atoms with Crippen molar-refractivity contribution in [3.8, 4) is 17.6 Å². The Bertz CT molecular complexity index is 1060. The van der Waals surface area contributed by atoms with E-state index in [1.807, 2.05) is 31.2 Å². The van der Waals surface area contributed by atoms with Crippen molar-refractivity contribution >= 4 is 22.7 Å². The van der Waals surface area contributed by atoms with Gasteiger partial charge < -0.3 is 14.8 Å². The van der Waals surface area contributed by atoms with E-state index in [0.29, 0.717) is 29.1 Å². The number of fused-ring (bicyclic) bond motifs is 1. The highest BCUT2D eigenvalue weighted by Gasteiger charge is 2.12. The van der Waals surface area contributed by atoms with Crippen molar-refractivity contribution in [2.75, 3.05) is 7.11 Å². The maximum absolute atomic E-state index is 10.2. The Labute approximate surface area is 151 Å². The number of aryl methyl sites for hydroxylation is 1. The highest BCUT2D eigenvalue weighted by molar-refractivity contribution is 5.90. The molecular weight excluding hydrogens is 326 g/mol. The molecule has 0 aliphatic heterocycles. The highest BCUT2D eigenvalue weighted by Crippen LogP contribution is 2.33. The molecule has 2 N–H and O–H groups in total. The monoisotopic (exact) mass is 345 g/mol. The Morgan fingerprint density at radius 3 is 2.88 bits per heavy atom. The molecule has 2 aromatic carbocycles. The van der Waals surface area contributed by atoms with E-state index in [1.54, 1.807) is 18.2 Å². The fraction of sp³-hybridized carbons (Fsp3) is 0.143. The molecule has 0 saturated carbocycles. The van der Waals surface area contributed by atoms with E-state index < -0.39 is 0 Å². The summed E-state index contributed by atoms with van der Waals surface area (Å²) in [5, 5.41) is 19.8. The van der Waals surface area contributed by atoms with Crippen LogP contribution in [-0.2, 0) is 6.42 Å². The summed E-state index contributed by atoms with van der Waals surface area (Å²) in [4.78, 5) is 7.69. The van der Waals surface area contributed by atoms with Crippen LogP contribution in [0.25, 0.3) is 22.7 Å². The second-order valence-corrected chi connectivity index (χ2v) is 6.00. The van der Waals surface area contributed by atoms with Crippen molar-refractivity contribution < 1.29 is 9.84 Å². The first-order chi connectivity index (χ1) is 12.5. The molecule has 0 unspecified atom stereocenters. The topological polar surface area (TPSA) is 81.9 Å². The van der Waals surface area contributed by atoms with Gasteiger partial charge >= 0.3 is 0 Å². The lowest BCUT2D eigenvalue weighted by molar-refractivity contribution is 0.371. The minimum absolute atomic E-state index is 0.0854. The number of aromatic nitrogens is 2. The number of benzene rings is 2.